The van der Waals surface area contributed by atoms with Gasteiger partial charge in [-0.25, -0.2) is 4.79 Å². The average molecular weight is 595 g/mol. The number of ether oxygens (including phenoxy) is 1. The molecule has 0 fully saturated rings. The second-order valence-corrected chi connectivity index (χ2v) is 10.3. The van der Waals surface area contributed by atoms with Gasteiger partial charge in [-0.3, -0.25) is 0 Å². The first-order valence-electron chi connectivity index (χ1n) is 13.8. The van der Waals surface area contributed by atoms with Gasteiger partial charge < -0.3 is 14.4 Å². The van der Waals surface area contributed by atoms with Crippen molar-refractivity contribution in [2.45, 2.75) is 60.0 Å². The number of hydrogen-bond donors (Lipinski definition) is 1. The maximum atomic E-state index is 11.2. The van der Waals surface area contributed by atoms with Crippen LogP contribution in [0.4, 0.5) is 0 Å². The number of nitrogens with zero attached hydrogens (tertiary/aromatic N) is 1. The van der Waals surface area contributed by atoms with Gasteiger partial charge in [-0.05, 0) is 83.6 Å². The number of hydrogen-bond acceptors (Lipinski definition) is 4. The number of rotatable bonds is 11. The first kappa shape index (κ1) is 32.0. The molecular weight excluding hydrogens is 557 g/mol. The molecule has 0 aliphatic heterocycles. The molecular formula is C34H37Cl2NO4. The van der Waals surface area contributed by atoms with E-state index < -0.39 is 5.97 Å². The molecule has 0 unspecified atom stereocenters. The number of allylic oxidation sites excluding steroid dienone is 4. The van der Waals surface area contributed by atoms with Gasteiger partial charge in [-0.1, -0.05) is 80.9 Å². The number of fused-ring (bicyclic) bond motifs is 1. The smallest absolute Gasteiger partial charge is 0.335 e. The van der Waals surface area contributed by atoms with Crippen molar-refractivity contribution >= 4 is 39.9 Å². The standard InChI is InChI=1S/C32H31Cl2NO4.C2H6/c1-4-5-29(34)26(18-33)12-15-30-28(31(20(2)3)39-35-30)19-38-27-13-10-21(11-14-27)22-6-7-24-17-25(32(36)37)9-8-23(24)16-22;1-2/h4-11,13-14,16-17,20H,12,15,18-19H2,1-3H3,(H,36,37);1-2H3/b5-4-,29-26+;. The number of carboxylic acid groups (broad SMARTS) is 1. The Hall–Kier alpha value is -3.54. The highest BCUT2D eigenvalue weighted by Crippen LogP contribution is 2.29. The van der Waals surface area contributed by atoms with Crippen LogP contribution in [0.15, 0.2) is 87.9 Å². The fourth-order valence-corrected chi connectivity index (χ4v) is 5.04. The number of aromatic carboxylic acids is 1. The van der Waals surface area contributed by atoms with E-state index in [2.05, 4.69) is 25.1 Å². The molecule has 0 aliphatic rings. The Balaban J connectivity index is 0.00000226. The third kappa shape index (κ3) is 8.25. The Bertz CT molecular complexity index is 1520. The van der Waals surface area contributed by atoms with E-state index in [0.717, 1.165) is 50.2 Å². The zero-order chi connectivity index (χ0) is 29.9. The highest BCUT2D eigenvalue weighted by atomic mass is 35.5. The minimum atomic E-state index is -0.930. The molecule has 0 aliphatic carbocycles. The van der Waals surface area contributed by atoms with Crippen molar-refractivity contribution in [1.29, 1.82) is 0 Å². The van der Waals surface area contributed by atoms with Crippen LogP contribution >= 0.6 is 23.2 Å². The van der Waals surface area contributed by atoms with E-state index in [9.17, 15) is 9.90 Å². The number of carbonyl (C=O) groups is 1. The predicted octanol–water partition coefficient (Wildman–Crippen LogP) is 10.2. The molecule has 41 heavy (non-hydrogen) atoms. The molecule has 7 heteroatoms. The number of benzene rings is 3. The lowest BCUT2D eigenvalue weighted by Crippen LogP contribution is -2.03. The van der Waals surface area contributed by atoms with Gasteiger partial charge in [0.15, 0.2) is 0 Å². The summed E-state index contributed by atoms with van der Waals surface area (Å²) in [4.78, 5) is 11.2. The molecule has 216 valence electrons. The maximum Gasteiger partial charge on any atom is 0.335 e. The molecule has 1 N–H and O–H groups in total. The summed E-state index contributed by atoms with van der Waals surface area (Å²) >= 11 is 12.5. The second-order valence-electron chi connectivity index (χ2n) is 9.61. The number of halogens is 2. The Kier molecular flexibility index (Phi) is 12.1. The first-order chi connectivity index (χ1) is 19.8. The summed E-state index contributed by atoms with van der Waals surface area (Å²) in [6.45, 7) is 10.4. The first-order valence-corrected chi connectivity index (χ1v) is 14.8. The number of carboxylic acids is 1. The molecule has 0 atom stereocenters. The molecule has 1 aromatic heterocycles. The summed E-state index contributed by atoms with van der Waals surface area (Å²) in [5, 5.41) is 16.1. The lowest BCUT2D eigenvalue weighted by Gasteiger charge is -2.11. The van der Waals surface area contributed by atoms with Crippen molar-refractivity contribution in [3.63, 3.8) is 0 Å². The minimum absolute atomic E-state index is 0.168. The molecule has 3 aromatic carbocycles. The Morgan fingerprint density at radius 1 is 1.02 bits per heavy atom. The van der Waals surface area contributed by atoms with Crippen molar-refractivity contribution < 1.29 is 19.2 Å². The number of alkyl halides is 1. The van der Waals surface area contributed by atoms with Crippen LogP contribution in [0.2, 0.25) is 0 Å². The SMILES string of the molecule is C/C=C\C(Cl)=C(/CCl)CCc1noc(C(C)C)c1COc1ccc(-c2ccc3cc(C(=O)O)ccc3c2)cc1.CC. The lowest BCUT2D eigenvalue weighted by atomic mass is 10.00. The topological polar surface area (TPSA) is 72.6 Å². The van der Waals surface area contributed by atoms with Crippen molar-refractivity contribution in [3.05, 3.63) is 106 Å². The van der Waals surface area contributed by atoms with E-state index in [-0.39, 0.29) is 11.5 Å². The summed E-state index contributed by atoms with van der Waals surface area (Å²) in [6.07, 6.45) is 5.08. The van der Waals surface area contributed by atoms with Gasteiger partial charge in [0.1, 0.15) is 18.1 Å². The second kappa shape index (κ2) is 15.5. The monoisotopic (exact) mass is 593 g/mol. The number of aromatic nitrogens is 1. The lowest BCUT2D eigenvalue weighted by molar-refractivity contribution is 0.0697. The normalized spacial score (nSPS) is 11.9. The zero-order valence-corrected chi connectivity index (χ0v) is 25.7. The summed E-state index contributed by atoms with van der Waals surface area (Å²) < 4.78 is 11.9. The van der Waals surface area contributed by atoms with Crippen molar-refractivity contribution in [2.75, 3.05) is 5.88 Å². The van der Waals surface area contributed by atoms with Crippen LogP contribution in [-0.2, 0) is 13.0 Å². The molecule has 0 spiro atoms. The molecule has 0 saturated heterocycles. The minimum Gasteiger partial charge on any atom is -0.489 e. The molecule has 4 aromatic rings. The molecule has 0 radical (unpaired) electrons. The van der Waals surface area contributed by atoms with Crippen LogP contribution in [0.5, 0.6) is 5.75 Å². The Labute approximate surface area is 252 Å². The molecule has 0 saturated carbocycles. The highest BCUT2D eigenvalue weighted by Gasteiger charge is 2.20. The third-order valence-electron chi connectivity index (χ3n) is 6.56. The van der Waals surface area contributed by atoms with Gasteiger partial charge >= 0.3 is 5.97 Å². The van der Waals surface area contributed by atoms with Gasteiger partial charge in [0.2, 0.25) is 0 Å². The van der Waals surface area contributed by atoms with Gasteiger partial charge in [0.25, 0.3) is 0 Å². The van der Waals surface area contributed by atoms with E-state index in [0.29, 0.717) is 30.4 Å². The Morgan fingerprint density at radius 3 is 2.32 bits per heavy atom. The van der Waals surface area contributed by atoms with Gasteiger partial charge in [0, 0.05) is 16.8 Å². The summed E-state index contributed by atoms with van der Waals surface area (Å²) in [5.74, 6) is 1.16. The number of aryl methyl sites for hydroxylation is 1. The van der Waals surface area contributed by atoms with Crippen LogP contribution in [0.3, 0.4) is 0 Å². The van der Waals surface area contributed by atoms with Crippen molar-refractivity contribution in [2.24, 2.45) is 0 Å². The van der Waals surface area contributed by atoms with Crippen LogP contribution in [0.1, 0.15) is 74.3 Å². The summed E-state index contributed by atoms with van der Waals surface area (Å²) in [6, 6.07) is 19.1. The quantitative estimate of drug-likeness (QED) is 0.138. The van der Waals surface area contributed by atoms with E-state index in [1.807, 2.05) is 75.4 Å². The predicted molar refractivity (Wildman–Crippen MR) is 169 cm³/mol. The fraction of sp³-hybridized carbons (Fsp3) is 0.294. The van der Waals surface area contributed by atoms with Crippen molar-refractivity contribution in [3.8, 4) is 16.9 Å². The van der Waals surface area contributed by atoms with Gasteiger partial charge in [0.05, 0.1) is 16.8 Å². The zero-order valence-electron chi connectivity index (χ0n) is 24.2. The summed E-state index contributed by atoms with van der Waals surface area (Å²) in [5.41, 5.74) is 5.13. The van der Waals surface area contributed by atoms with Gasteiger partial charge in [-0.15, -0.1) is 11.6 Å². The molecule has 1 heterocycles. The molecule has 5 nitrogen and oxygen atoms in total. The molecule has 4 rings (SSSR count). The highest BCUT2D eigenvalue weighted by molar-refractivity contribution is 6.32. The molecule has 0 bridgehead atoms. The van der Waals surface area contributed by atoms with Crippen LogP contribution in [0, 0.1) is 0 Å². The van der Waals surface area contributed by atoms with E-state index in [4.69, 9.17) is 32.5 Å². The maximum absolute atomic E-state index is 11.2. The van der Waals surface area contributed by atoms with Crippen LogP contribution in [-0.4, -0.2) is 22.1 Å². The average Bonchev–Trinajstić information content (AvgIpc) is 3.40. The van der Waals surface area contributed by atoms with E-state index in [1.54, 1.807) is 12.1 Å². The van der Waals surface area contributed by atoms with E-state index in [1.165, 1.54) is 0 Å². The van der Waals surface area contributed by atoms with E-state index >= 15 is 0 Å². The van der Waals surface area contributed by atoms with Crippen molar-refractivity contribution in [1.82, 2.24) is 5.16 Å². The van der Waals surface area contributed by atoms with Gasteiger partial charge in [-0.2, -0.15) is 0 Å². The van der Waals surface area contributed by atoms with Crippen LogP contribution < -0.4 is 4.74 Å². The summed E-state index contributed by atoms with van der Waals surface area (Å²) in [7, 11) is 0. The third-order valence-corrected chi connectivity index (χ3v) is 7.27. The largest absolute Gasteiger partial charge is 0.489 e. The molecule has 0 amide bonds. The van der Waals surface area contributed by atoms with Crippen LogP contribution in [0.25, 0.3) is 21.9 Å². The fourth-order valence-electron chi connectivity index (χ4n) is 4.40. The Morgan fingerprint density at radius 2 is 1.68 bits per heavy atom.